The van der Waals surface area contributed by atoms with Gasteiger partial charge in [0.25, 0.3) is 0 Å². The van der Waals surface area contributed by atoms with Crippen LogP contribution in [0, 0.1) is 5.92 Å². The van der Waals surface area contributed by atoms with Crippen LogP contribution in [-0.2, 0) is 6.42 Å². The molecule has 0 aromatic carbocycles. The molecule has 2 aromatic heterocycles. The molecule has 21 heavy (non-hydrogen) atoms. The maximum atomic E-state index is 4.87. The fourth-order valence-electron chi connectivity index (χ4n) is 2.77. The lowest BCUT2D eigenvalue weighted by molar-refractivity contribution is 0.474. The van der Waals surface area contributed by atoms with Gasteiger partial charge in [0.15, 0.2) is 0 Å². The van der Waals surface area contributed by atoms with E-state index in [1.54, 1.807) is 0 Å². The van der Waals surface area contributed by atoms with Crippen molar-refractivity contribution < 1.29 is 0 Å². The molecule has 4 nitrogen and oxygen atoms in total. The molecule has 0 spiro atoms. The van der Waals surface area contributed by atoms with Gasteiger partial charge in [0.2, 0.25) is 0 Å². The van der Waals surface area contributed by atoms with Gasteiger partial charge in [0.1, 0.15) is 5.82 Å². The van der Waals surface area contributed by atoms with Crippen molar-refractivity contribution in [3.63, 3.8) is 0 Å². The lowest BCUT2D eigenvalue weighted by Gasteiger charge is -2.26. The van der Waals surface area contributed by atoms with E-state index in [-0.39, 0.29) is 0 Å². The molecular formula is C16H21BrN4. The summed E-state index contributed by atoms with van der Waals surface area (Å²) < 4.78 is 3.26. The van der Waals surface area contributed by atoms with Crippen LogP contribution in [-0.4, -0.2) is 21.3 Å². The van der Waals surface area contributed by atoms with E-state index in [2.05, 4.69) is 56.9 Å². The largest absolute Gasteiger partial charge is 0.369 e. The van der Waals surface area contributed by atoms with Crippen LogP contribution in [0.15, 0.2) is 29.0 Å². The third kappa shape index (κ3) is 2.98. The molecule has 2 aromatic rings. The lowest BCUT2D eigenvalue weighted by Crippen LogP contribution is -2.24. The third-order valence-corrected chi connectivity index (χ3v) is 4.81. The highest BCUT2D eigenvalue weighted by Gasteiger charge is 2.26. The van der Waals surface area contributed by atoms with Gasteiger partial charge in [0.05, 0.1) is 16.2 Å². The molecule has 0 saturated heterocycles. The number of hydrogen-bond acceptors (Lipinski definition) is 3. The maximum absolute atomic E-state index is 4.87. The molecule has 0 bridgehead atoms. The van der Waals surface area contributed by atoms with Gasteiger partial charge in [-0.2, -0.15) is 5.10 Å². The number of anilines is 1. The van der Waals surface area contributed by atoms with E-state index in [0.29, 0.717) is 12.0 Å². The first-order valence-electron chi connectivity index (χ1n) is 7.57. The Hall–Kier alpha value is -1.36. The maximum Gasteiger partial charge on any atom is 0.139 e. The fraction of sp³-hybridized carbons (Fsp3) is 0.500. The fourth-order valence-corrected chi connectivity index (χ4v) is 3.37. The van der Waals surface area contributed by atoms with E-state index < -0.39 is 0 Å². The zero-order valence-electron chi connectivity index (χ0n) is 12.5. The Balaban J connectivity index is 1.93. The van der Waals surface area contributed by atoms with Crippen molar-refractivity contribution >= 4 is 21.7 Å². The highest BCUT2D eigenvalue weighted by atomic mass is 79.9. The molecule has 3 rings (SSSR count). The molecule has 0 amide bonds. The number of nitrogens with zero attached hydrogens (tertiary/aromatic N) is 3. The molecule has 1 atom stereocenters. The van der Waals surface area contributed by atoms with Crippen LogP contribution in [0.1, 0.15) is 44.0 Å². The zero-order chi connectivity index (χ0) is 14.8. The topological polar surface area (TPSA) is 42.7 Å². The molecular weight excluding hydrogens is 328 g/mol. The molecule has 1 N–H and O–H groups in total. The van der Waals surface area contributed by atoms with Crippen molar-refractivity contribution in [1.82, 2.24) is 14.8 Å². The number of aryl methyl sites for hydroxylation is 1. The standard InChI is InChI=1S/C16H21BrN4/c1-11(2)3-4-13-15(17)16-19-10-7-14(21(16)20-13)12-5-8-18-9-6-12/h5-6,8-9,11,14,19H,3-4,7,10H2,1-2H3. The van der Waals surface area contributed by atoms with E-state index in [4.69, 9.17) is 5.10 Å². The Labute approximate surface area is 134 Å². The number of hydrogen-bond donors (Lipinski definition) is 1. The molecule has 0 fully saturated rings. The highest BCUT2D eigenvalue weighted by Crippen LogP contribution is 2.36. The molecule has 0 radical (unpaired) electrons. The first-order valence-corrected chi connectivity index (χ1v) is 8.36. The summed E-state index contributed by atoms with van der Waals surface area (Å²) in [4.78, 5) is 4.11. The average molecular weight is 349 g/mol. The zero-order valence-corrected chi connectivity index (χ0v) is 14.1. The van der Waals surface area contributed by atoms with Gasteiger partial charge < -0.3 is 5.32 Å². The van der Waals surface area contributed by atoms with Crippen molar-refractivity contribution in [2.45, 2.75) is 39.2 Å². The van der Waals surface area contributed by atoms with Gasteiger partial charge >= 0.3 is 0 Å². The summed E-state index contributed by atoms with van der Waals surface area (Å²) in [6.07, 6.45) is 6.94. The van der Waals surface area contributed by atoms with Crippen LogP contribution in [0.4, 0.5) is 5.82 Å². The average Bonchev–Trinajstić information content (AvgIpc) is 2.83. The van der Waals surface area contributed by atoms with Gasteiger partial charge in [-0.1, -0.05) is 13.8 Å². The minimum Gasteiger partial charge on any atom is -0.369 e. The van der Waals surface area contributed by atoms with Crippen LogP contribution in [0.5, 0.6) is 0 Å². The summed E-state index contributed by atoms with van der Waals surface area (Å²) in [7, 11) is 0. The number of rotatable bonds is 4. The van der Waals surface area contributed by atoms with Crippen LogP contribution in [0.25, 0.3) is 0 Å². The van der Waals surface area contributed by atoms with Crippen molar-refractivity contribution in [3.8, 4) is 0 Å². The minimum atomic E-state index is 0.299. The SMILES string of the molecule is CC(C)CCc1nn2c(c1Br)NCCC2c1ccncc1. The number of fused-ring (bicyclic) bond motifs is 1. The molecule has 112 valence electrons. The van der Waals surface area contributed by atoms with Gasteiger partial charge in [-0.3, -0.25) is 4.98 Å². The third-order valence-electron chi connectivity index (χ3n) is 3.97. The molecule has 1 aliphatic heterocycles. The second-order valence-corrected chi connectivity index (χ2v) is 6.79. The van der Waals surface area contributed by atoms with Crippen LogP contribution in [0.2, 0.25) is 0 Å². The molecule has 1 aliphatic rings. The molecule has 5 heteroatoms. The van der Waals surface area contributed by atoms with Crippen molar-refractivity contribution in [2.24, 2.45) is 5.92 Å². The number of aromatic nitrogens is 3. The van der Waals surface area contributed by atoms with Crippen LogP contribution < -0.4 is 5.32 Å². The first-order chi connectivity index (χ1) is 10.2. The second kappa shape index (κ2) is 6.18. The normalized spacial score (nSPS) is 17.6. The molecule has 3 heterocycles. The molecule has 0 saturated carbocycles. The Bertz CT molecular complexity index is 606. The van der Waals surface area contributed by atoms with Crippen molar-refractivity contribution in [1.29, 1.82) is 0 Å². The Morgan fingerprint density at radius 3 is 2.86 bits per heavy atom. The summed E-state index contributed by atoms with van der Waals surface area (Å²) in [5.41, 5.74) is 2.44. The monoisotopic (exact) mass is 348 g/mol. The van der Waals surface area contributed by atoms with E-state index >= 15 is 0 Å². The Morgan fingerprint density at radius 1 is 1.38 bits per heavy atom. The van der Waals surface area contributed by atoms with Gasteiger partial charge in [-0.25, -0.2) is 4.68 Å². The van der Waals surface area contributed by atoms with Crippen molar-refractivity contribution in [2.75, 3.05) is 11.9 Å². The lowest BCUT2D eigenvalue weighted by atomic mass is 10.0. The van der Waals surface area contributed by atoms with Gasteiger partial charge in [-0.15, -0.1) is 0 Å². The summed E-state index contributed by atoms with van der Waals surface area (Å²) >= 11 is 3.73. The number of nitrogens with one attached hydrogen (secondary N) is 1. The molecule has 1 unspecified atom stereocenters. The van der Waals surface area contributed by atoms with Gasteiger partial charge in [-0.05, 0) is 58.8 Å². The second-order valence-electron chi connectivity index (χ2n) is 6.00. The van der Waals surface area contributed by atoms with Gasteiger partial charge in [0, 0.05) is 18.9 Å². The van der Waals surface area contributed by atoms with Crippen molar-refractivity contribution in [3.05, 3.63) is 40.3 Å². The number of pyridine rings is 1. The van der Waals surface area contributed by atoms with E-state index in [1.807, 2.05) is 12.4 Å². The summed E-state index contributed by atoms with van der Waals surface area (Å²) in [5.74, 6) is 1.81. The van der Waals surface area contributed by atoms with Crippen LogP contribution in [0.3, 0.4) is 0 Å². The number of halogens is 1. The first kappa shape index (κ1) is 14.6. The van der Waals surface area contributed by atoms with Crippen LogP contribution >= 0.6 is 15.9 Å². The predicted molar refractivity (Wildman–Crippen MR) is 88.6 cm³/mol. The van der Waals surface area contributed by atoms with E-state index in [1.165, 1.54) is 5.56 Å². The highest BCUT2D eigenvalue weighted by molar-refractivity contribution is 9.10. The van der Waals surface area contributed by atoms with E-state index in [9.17, 15) is 0 Å². The molecule has 0 aliphatic carbocycles. The summed E-state index contributed by atoms with van der Waals surface area (Å²) in [5, 5.41) is 8.34. The summed E-state index contributed by atoms with van der Waals surface area (Å²) in [6, 6.07) is 4.47. The Kier molecular flexibility index (Phi) is 4.29. The predicted octanol–water partition coefficient (Wildman–Crippen LogP) is 4.03. The smallest absolute Gasteiger partial charge is 0.139 e. The Morgan fingerprint density at radius 2 is 2.14 bits per heavy atom. The van der Waals surface area contributed by atoms with E-state index in [0.717, 1.165) is 41.8 Å². The minimum absolute atomic E-state index is 0.299. The quantitative estimate of drug-likeness (QED) is 0.906. The summed E-state index contributed by atoms with van der Waals surface area (Å²) in [6.45, 7) is 5.48.